The van der Waals surface area contributed by atoms with Crippen molar-refractivity contribution in [3.8, 4) is 0 Å². The molecule has 1 amide bonds. The molecule has 1 atom stereocenters. The van der Waals surface area contributed by atoms with Crippen LogP contribution in [0.4, 0.5) is 5.69 Å². The molecule has 2 N–H and O–H groups in total. The summed E-state index contributed by atoms with van der Waals surface area (Å²) >= 11 is 2.91. The van der Waals surface area contributed by atoms with Crippen molar-refractivity contribution in [2.75, 3.05) is 5.32 Å². The molecule has 0 aliphatic heterocycles. The average Bonchev–Trinajstić information content (AvgIpc) is 2.94. The number of Topliss-reactive ketones (excluding diaryl/α,β-unsaturated/α-hetero) is 1. The van der Waals surface area contributed by atoms with Crippen LogP contribution in [0.2, 0.25) is 0 Å². The minimum Gasteiger partial charge on any atom is -0.325 e. The molecule has 0 aliphatic rings. The number of hydrogen-bond donors (Lipinski definition) is 2. The van der Waals surface area contributed by atoms with Gasteiger partial charge in [-0.2, -0.15) is 0 Å². The van der Waals surface area contributed by atoms with Crippen LogP contribution in [0.5, 0.6) is 0 Å². The van der Waals surface area contributed by atoms with E-state index in [1.165, 1.54) is 30.0 Å². The molecule has 0 saturated heterocycles. The van der Waals surface area contributed by atoms with Crippen LogP contribution in [0.3, 0.4) is 0 Å². The van der Waals surface area contributed by atoms with Gasteiger partial charge in [-0.05, 0) is 57.5 Å². The van der Waals surface area contributed by atoms with E-state index in [1.54, 1.807) is 31.2 Å². The van der Waals surface area contributed by atoms with Gasteiger partial charge >= 0.3 is 0 Å². The number of thiophene rings is 1. The lowest BCUT2D eigenvalue weighted by Gasteiger charge is -2.12. The Kier molecular flexibility index (Phi) is 6.00. The number of carbonyl (C=O) groups is 2. The predicted molar refractivity (Wildman–Crippen MR) is 116 cm³/mol. The van der Waals surface area contributed by atoms with Gasteiger partial charge in [-0.25, -0.2) is 4.98 Å². The molecule has 0 aliphatic carbocycles. The van der Waals surface area contributed by atoms with E-state index in [-0.39, 0.29) is 22.5 Å². The number of amides is 1. The van der Waals surface area contributed by atoms with Gasteiger partial charge in [-0.3, -0.25) is 14.4 Å². The Morgan fingerprint density at radius 1 is 1.25 bits per heavy atom. The molecule has 3 rings (SSSR count). The number of nitrogens with zero attached hydrogens (tertiary/aromatic N) is 1. The molecule has 0 fully saturated rings. The molecule has 0 bridgehead atoms. The van der Waals surface area contributed by atoms with Gasteiger partial charge in [0.2, 0.25) is 5.91 Å². The zero-order valence-corrected chi connectivity index (χ0v) is 17.7. The molecule has 0 unspecified atom stereocenters. The van der Waals surface area contributed by atoms with E-state index in [1.807, 2.05) is 13.8 Å². The lowest BCUT2D eigenvalue weighted by Crippen LogP contribution is -2.23. The molecule has 8 heteroatoms. The van der Waals surface area contributed by atoms with E-state index in [0.29, 0.717) is 28.2 Å². The summed E-state index contributed by atoms with van der Waals surface area (Å²) in [5, 5.41) is 3.15. The third kappa shape index (κ3) is 4.34. The number of aromatic nitrogens is 2. The molecule has 0 saturated carbocycles. The molecule has 2 aromatic heterocycles. The number of thioether (sulfide) groups is 1. The third-order valence-corrected chi connectivity index (χ3v) is 6.74. The monoisotopic (exact) mass is 415 g/mol. The molecule has 28 heavy (non-hydrogen) atoms. The summed E-state index contributed by atoms with van der Waals surface area (Å²) in [5.41, 5.74) is 2.08. The second-order valence-electron chi connectivity index (χ2n) is 6.55. The number of fused-ring (bicyclic) bond motifs is 1. The molecule has 2 heterocycles. The van der Waals surface area contributed by atoms with Crippen LogP contribution < -0.4 is 10.9 Å². The highest BCUT2D eigenvalue weighted by atomic mass is 32.2. The average molecular weight is 416 g/mol. The predicted octanol–water partition coefficient (Wildman–Crippen LogP) is 4.06. The summed E-state index contributed by atoms with van der Waals surface area (Å²) in [4.78, 5) is 45.2. The Bertz CT molecular complexity index is 1100. The summed E-state index contributed by atoms with van der Waals surface area (Å²) in [6.07, 6.45) is 0. The van der Waals surface area contributed by atoms with Crippen molar-refractivity contribution in [2.24, 2.45) is 0 Å². The highest BCUT2D eigenvalue weighted by molar-refractivity contribution is 7.99. The van der Waals surface area contributed by atoms with Crippen molar-refractivity contribution < 1.29 is 9.59 Å². The van der Waals surface area contributed by atoms with E-state index in [4.69, 9.17) is 0 Å². The first-order valence-corrected chi connectivity index (χ1v) is 10.6. The fraction of sp³-hybridized carbons (Fsp3) is 0.300. The molecule has 0 spiro atoms. The van der Waals surface area contributed by atoms with Gasteiger partial charge in [0.25, 0.3) is 5.56 Å². The maximum absolute atomic E-state index is 12.4. The minimum atomic E-state index is -0.333. The fourth-order valence-electron chi connectivity index (χ4n) is 2.68. The van der Waals surface area contributed by atoms with E-state index in [0.717, 1.165) is 15.3 Å². The lowest BCUT2D eigenvalue weighted by atomic mass is 10.1. The van der Waals surface area contributed by atoms with Crippen molar-refractivity contribution in [1.82, 2.24) is 9.97 Å². The number of nitrogens with one attached hydrogen (secondary N) is 2. The van der Waals surface area contributed by atoms with Crippen LogP contribution >= 0.6 is 23.1 Å². The molecule has 3 aromatic rings. The quantitative estimate of drug-likeness (QED) is 0.592. The van der Waals surface area contributed by atoms with Gasteiger partial charge in [-0.15, -0.1) is 23.1 Å². The number of aromatic amines is 1. The molecule has 0 radical (unpaired) electrons. The first kappa shape index (κ1) is 20.3. The third-order valence-electron chi connectivity index (χ3n) is 4.49. The van der Waals surface area contributed by atoms with Gasteiger partial charge in [0.15, 0.2) is 5.78 Å². The number of benzene rings is 1. The second-order valence-corrected chi connectivity index (χ2v) is 9.08. The second kappa shape index (κ2) is 8.28. The Morgan fingerprint density at radius 2 is 1.93 bits per heavy atom. The van der Waals surface area contributed by atoms with Crippen LogP contribution in [0.25, 0.3) is 10.2 Å². The zero-order chi connectivity index (χ0) is 20.4. The topological polar surface area (TPSA) is 91.9 Å². The van der Waals surface area contributed by atoms with E-state index >= 15 is 0 Å². The zero-order valence-electron chi connectivity index (χ0n) is 16.1. The van der Waals surface area contributed by atoms with Gasteiger partial charge in [0.1, 0.15) is 10.7 Å². The van der Waals surface area contributed by atoms with Crippen molar-refractivity contribution in [3.05, 3.63) is 56.4 Å². The van der Waals surface area contributed by atoms with Crippen molar-refractivity contribution in [3.63, 3.8) is 0 Å². The number of H-pyrrole nitrogens is 1. The maximum atomic E-state index is 12.4. The van der Waals surface area contributed by atoms with Crippen LogP contribution in [-0.4, -0.2) is 26.9 Å². The number of ketones is 1. The Labute approximate surface area is 170 Å². The highest BCUT2D eigenvalue weighted by Crippen LogP contribution is 2.26. The van der Waals surface area contributed by atoms with E-state index in [9.17, 15) is 14.4 Å². The molecule has 1 aromatic carbocycles. The van der Waals surface area contributed by atoms with Gasteiger partial charge in [0.05, 0.1) is 16.4 Å². The summed E-state index contributed by atoms with van der Waals surface area (Å²) < 4.78 is 0. The van der Waals surface area contributed by atoms with Gasteiger partial charge in [-0.1, -0.05) is 0 Å². The van der Waals surface area contributed by atoms with Gasteiger partial charge < -0.3 is 10.3 Å². The summed E-state index contributed by atoms with van der Waals surface area (Å²) in [7, 11) is 0. The maximum Gasteiger partial charge on any atom is 0.259 e. The summed E-state index contributed by atoms with van der Waals surface area (Å²) in [6, 6.07) is 6.79. The minimum absolute atomic E-state index is 0.0172. The molecular weight excluding hydrogens is 394 g/mol. The smallest absolute Gasteiger partial charge is 0.259 e. The Balaban J connectivity index is 1.64. The van der Waals surface area contributed by atoms with Crippen LogP contribution in [-0.2, 0) is 10.5 Å². The van der Waals surface area contributed by atoms with Crippen LogP contribution in [0, 0.1) is 13.8 Å². The number of anilines is 1. The Morgan fingerprint density at radius 3 is 2.57 bits per heavy atom. The number of hydrogen-bond acceptors (Lipinski definition) is 6. The number of rotatable bonds is 6. The standard InChI is InChI=1S/C20H21N3O3S2/c1-10-12(3)28-20-17(10)19(26)22-16(23-20)9-27-13(4)18(25)21-15-7-5-14(6-8-15)11(2)24/h5-8,13H,9H2,1-4H3,(H,21,25)(H,22,23,26)/t13-/m1/s1. The summed E-state index contributed by atoms with van der Waals surface area (Å²) in [6.45, 7) is 7.21. The molecular formula is C20H21N3O3S2. The normalized spacial score (nSPS) is 12.1. The van der Waals surface area contributed by atoms with E-state index in [2.05, 4.69) is 15.3 Å². The van der Waals surface area contributed by atoms with Crippen molar-refractivity contribution in [2.45, 2.75) is 38.7 Å². The van der Waals surface area contributed by atoms with Crippen LogP contribution in [0.15, 0.2) is 29.1 Å². The van der Waals surface area contributed by atoms with Gasteiger partial charge in [0, 0.05) is 16.1 Å². The van der Waals surface area contributed by atoms with Crippen molar-refractivity contribution in [1.29, 1.82) is 0 Å². The first-order valence-electron chi connectivity index (χ1n) is 8.78. The number of carbonyl (C=O) groups excluding carboxylic acids is 2. The summed E-state index contributed by atoms with van der Waals surface area (Å²) in [5.74, 6) is 0.830. The lowest BCUT2D eigenvalue weighted by molar-refractivity contribution is -0.115. The highest BCUT2D eigenvalue weighted by Gasteiger charge is 2.16. The number of aryl methyl sites for hydroxylation is 2. The first-order chi connectivity index (χ1) is 13.3. The van der Waals surface area contributed by atoms with Crippen LogP contribution in [0.1, 0.15) is 40.5 Å². The Hall–Kier alpha value is -2.45. The van der Waals surface area contributed by atoms with Crippen molar-refractivity contribution >= 4 is 50.7 Å². The molecule has 146 valence electrons. The SMILES string of the molecule is CC(=O)c1ccc(NC(=O)[C@@H](C)SCc2nc3sc(C)c(C)c3c(=O)[nH]2)cc1. The largest absolute Gasteiger partial charge is 0.325 e. The van der Waals surface area contributed by atoms with E-state index < -0.39 is 0 Å². The molecule has 6 nitrogen and oxygen atoms in total. The fourth-order valence-corrected chi connectivity index (χ4v) is 4.48.